The molecule has 0 aliphatic heterocycles. The molecule has 2 rings (SSSR count). The third-order valence-electron chi connectivity index (χ3n) is 2.61. The maximum atomic E-state index is 11.8. The van der Waals surface area contributed by atoms with Gasteiger partial charge in [-0.05, 0) is 13.0 Å². The van der Waals surface area contributed by atoms with Gasteiger partial charge in [-0.2, -0.15) is 10.2 Å². The van der Waals surface area contributed by atoms with E-state index >= 15 is 0 Å². The fourth-order valence-corrected chi connectivity index (χ4v) is 1.80. The summed E-state index contributed by atoms with van der Waals surface area (Å²) in [4.78, 5) is 22.6. The highest BCUT2D eigenvalue weighted by atomic mass is 16.2. The minimum Gasteiger partial charge on any atom is -0.368 e. The number of nitrogens with one attached hydrogen (secondary N) is 2. The van der Waals surface area contributed by atoms with E-state index in [4.69, 9.17) is 5.73 Å². The molecule has 0 aromatic carbocycles. The van der Waals surface area contributed by atoms with Crippen molar-refractivity contribution in [3.8, 4) is 0 Å². The van der Waals surface area contributed by atoms with Crippen LogP contribution in [0.4, 0.5) is 10.5 Å². The minimum atomic E-state index is -0.498. The monoisotopic (exact) mass is 291 g/mol. The number of carbonyl (C=O) groups is 2. The van der Waals surface area contributed by atoms with Gasteiger partial charge in [-0.25, -0.2) is 4.79 Å². The summed E-state index contributed by atoms with van der Waals surface area (Å²) >= 11 is 0. The summed E-state index contributed by atoms with van der Waals surface area (Å²) in [6.45, 7) is 2.41. The highest BCUT2D eigenvalue weighted by molar-refractivity contribution is 5.89. The average Bonchev–Trinajstić information content (AvgIpc) is 3.00. The van der Waals surface area contributed by atoms with Crippen LogP contribution in [-0.4, -0.2) is 37.5 Å². The maximum absolute atomic E-state index is 11.8. The zero-order valence-corrected chi connectivity index (χ0v) is 11.6. The van der Waals surface area contributed by atoms with Crippen molar-refractivity contribution in [1.82, 2.24) is 24.9 Å². The number of rotatable bonds is 6. The quantitative estimate of drug-likeness (QED) is 0.681. The molecule has 3 amide bonds. The van der Waals surface area contributed by atoms with Gasteiger partial charge in [0.25, 0.3) is 0 Å². The molecule has 2 heterocycles. The Bertz CT molecular complexity index is 605. The van der Waals surface area contributed by atoms with Crippen LogP contribution in [0.2, 0.25) is 0 Å². The van der Waals surface area contributed by atoms with Crippen LogP contribution in [0.1, 0.15) is 6.92 Å². The van der Waals surface area contributed by atoms with Gasteiger partial charge in [0, 0.05) is 24.6 Å². The van der Waals surface area contributed by atoms with Gasteiger partial charge >= 0.3 is 6.03 Å². The largest absolute Gasteiger partial charge is 0.368 e. The molecular weight excluding hydrogens is 274 g/mol. The molecule has 0 bridgehead atoms. The lowest BCUT2D eigenvalue weighted by atomic mass is 10.3. The SMILES string of the molecule is C[C@H](Cn1cccn1)NC(=O)Nc1cnn(CC(N)=O)c1. The number of anilines is 1. The number of urea groups is 1. The minimum absolute atomic E-state index is 0.0288. The molecule has 112 valence electrons. The first-order chi connectivity index (χ1) is 10.0. The van der Waals surface area contributed by atoms with Crippen molar-refractivity contribution in [3.63, 3.8) is 0 Å². The fourth-order valence-electron chi connectivity index (χ4n) is 1.80. The van der Waals surface area contributed by atoms with E-state index in [2.05, 4.69) is 20.8 Å². The Kier molecular flexibility index (Phi) is 4.54. The van der Waals surface area contributed by atoms with Crippen molar-refractivity contribution in [1.29, 1.82) is 0 Å². The lowest BCUT2D eigenvalue weighted by molar-refractivity contribution is -0.118. The van der Waals surface area contributed by atoms with Crippen LogP contribution in [0.5, 0.6) is 0 Å². The highest BCUT2D eigenvalue weighted by Gasteiger charge is 2.09. The van der Waals surface area contributed by atoms with Gasteiger partial charge in [0.1, 0.15) is 6.54 Å². The Morgan fingerprint density at radius 1 is 1.38 bits per heavy atom. The highest BCUT2D eigenvalue weighted by Crippen LogP contribution is 2.04. The van der Waals surface area contributed by atoms with Crippen molar-refractivity contribution in [3.05, 3.63) is 30.9 Å². The average molecular weight is 291 g/mol. The fraction of sp³-hybridized carbons (Fsp3) is 0.333. The smallest absolute Gasteiger partial charge is 0.319 e. The Morgan fingerprint density at radius 3 is 2.86 bits per heavy atom. The second-order valence-corrected chi connectivity index (χ2v) is 4.62. The molecule has 9 heteroatoms. The molecule has 0 aliphatic carbocycles. The molecule has 0 spiro atoms. The van der Waals surface area contributed by atoms with E-state index in [1.54, 1.807) is 10.9 Å². The third kappa shape index (κ3) is 4.64. The summed E-state index contributed by atoms with van der Waals surface area (Å²) in [6.07, 6.45) is 6.48. The number of nitrogens with zero attached hydrogens (tertiary/aromatic N) is 4. The molecule has 9 nitrogen and oxygen atoms in total. The first-order valence-corrected chi connectivity index (χ1v) is 6.38. The number of nitrogens with two attached hydrogens (primary N) is 1. The predicted molar refractivity (Wildman–Crippen MR) is 75.3 cm³/mol. The molecule has 0 aliphatic rings. The van der Waals surface area contributed by atoms with Crippen molar-refractivity contribution in [2.75, 3.05) is 5.32 Å². The Labute approximate surface area is 121 Å². The third-order valence-corrected chi connectivity index (χ3v) is 2.61. The molecule has 21 heavy (non-hydrogen) atoms. The van der Waals surface area contributed by atoms with Crippen LogP contribution < -0.4 is 16.4 Å². The van der Waals surface area contributed by atoms with E-state index in [0.717, 1.165) is 0 Å². The van der Waals surface area contributed by atoms with E-state index < -0.39 is 5.91 Å². The molecule has 0 fully saturated rings. The lowest BCUT2D eigenvalue weighted by Crippen LogP contribution is -2.38. The van der Waals surface area contributed by atoms with Gasteiger partial charge in [-0.1, -0.05) is 0 Å². The molecular formula is C12H17N7O2. The van der Waals surface area contributed by atoms with Crippen LogP contribution in [0, 0.1) is 0 Å². The van der Waals surface area contributed by atoms with Gasteiger partial charge in [0.15, 0.2) is 0 Å². The molecule has 4 N–H and O–H groups in total. The number of aromatic nitrogens is 4. The molecule has 0 saturated carbocycles. The van der Waals surface area contributed by atoms with E-state index in [0.29, 0.717) is 12.2 Å². The van der Waals surface area contributed by atoms with Crippen LogP contribution in [0.3, 0.4) is 0 Å². The zero-order valence-electron chi connectivity index (χ0n) is 11.6. The van der Waals surface area contributed by atoms with Crippen molar-refractivity contribution < 1.29 is 9.59 Å². The summed E-state index contributed by atoms with van der Waals surface area (Å²) in [7, 11) is 0. The zero-order chi connectivity index (χ0) is 15.2. The maximum Gasteiger partial charge on any atom is 0.319 e. The number of carbonyl (C=O) groups excluding carboxylic acids is 2. The first kappa shape index (κ1) is 14.6. The van der Waals surface area contributed by atoms with Crippen molar-refractivity contribution in [2.45, 2.75) is 26.1 Å². The van der Waals surface area contributed by atoms with Gasteiger partial charge in [0.05, 0.1) is 18.4 Å². The van der Waals surface area contributed by atoms with Gasteiger partial charge in [-0.15, -0.1) is 0 Å². The van der Waals surface area contributed by atoms with E-state index in [1.165, 1.54) is 17.1 Å². The molecule has 0 unspecified atom stereocenters. The van der Waals surface area contributed by atoms with Crippen molar-refractivity contribution in [2.24, 2.45) is 5.73 Å². The van der Waals surface area contributed by atoms with E-state index in [1.807, 2.05) is 19.2 Å². The second-order valence-electron chi connectivity index (χ2n) is 4.62. The summed E-state index contributed by atoms with van der Waals surface area (Å²) in [6, 6.07) is 1.37. The molecule has 2 aromatic rings. The van der Waals surface area contributed by atoms with Gasteiger partial charge in [0.2, 0.25) is 5.91 Å². The Hall–Kier alpha value is -2.84. The van der Waals surface area contributed by atoms with Crippen LogP contribution in [-0.2, 0) is 17.9 Å². The Balaban J connectivity index is 1.81. The summed E-state index contributed by atoms with van der Waals surface area (Å²) < 4.78 is 3.08. The van der Waals surface area contributed by atoms with E-state index in [9.17, 15) is 9.59 Å². The first-order valence-electron chi connectivity index (χ1n) is 6.38. The van der Waals surface area contributed by atoms with Crippen LogP contribution in [0.25, 0.3) is 0 Å². The Morgan fingerprint density at radius 2 is 2.19 bits per heavy atom. The number of hydrogen-bond donors (Lipinski definition) is 3. The number of primary amides is 1. The van der Waals surface area contributed by atoms with Gasteiger partial charge in [-0.3, -0.25) is 14.2 Å². The molecule has 0 saturated heterocycles. The normalized spacial score (nSPS) is 11.9. The van der Waals surface area contributed by atoms with Crippen LogP contribution >= 0.6 is 0 Å². The number of hydrogen-bond acceptors (Lipinski definition) is 4. The summed E-state index contributed by atoms with van der Waals surface area (Å²) in [5.74, 6) is -0.498. The second kappa shape index (κ2) is 6.55. The molecule has 0 radical (unpaired) electrons. The summed E-state index contributed by atoms with van der Waals surface area (Å²) in [5.41, 5.74) is 5.54. The topological polar surface area (TPSA) is 120 Å². The molecule has 2 aromatic heterocycles. The molecule has 1 atom stereocenters. The van der Waals surface area contributed by atoms with Gasteiger partial charge < -0.3 is 16.4 Å². The lowest BCUT2D eigenvalue weighted by Gasteiger charge is -2.14. The van der Waals surface area contributed by atoms with E-state index in [-0.39, 0.29) is 18.6 Å². The summed E-state index contributed by atoms with van der Waals surface area (Å²) in [5, 5.41) is 13.4. The standard InChI is InChI=1S/C12H17N7O2/c1-9(6-18-4-2-3-14-18)16-12(21)17-10-5-15-19(7-10)8-11(13)20/h2-5,7,9H,6,8H2,1H3,(H2,13,20)(H2,16,17,21)/t9-/m1/s1. The number of amides is 3. The predicted octanol–water partition coefficient (Wildman–Crippen LogP) is -0.225. The van der Waals surface area contributed by atoms with Crippen LogP contribution in [0.15, 0.2) is 30.9 Å². The van der Waals surface area contributed by atoms with Crippen molar-refractivity contribution >= 4 is 17.6 Å².